The van der Waals surface area contributed by atoms with Gasteiger partial charge in [-0.2, -0.15) is 0 Å². The van der Waals surface area contributed by atoms with Crippen molar-refractivity contribution in [2.24, 2.45) is 5.92 Å². The molecule has 1 heterocycles. The lowest BCUT2D eigenvalue weighted by molar-refractivity contribution is -0.134. The van der Waals surface area contributed by atoms with Gasteiger partial charge in [0.2, 0.25) is 11.8 Å². The van der Waals surface area contributed by atoms with Gasteiger partial charge >= 0.3 is 0 Å². The van der Waals surface area contributed by atoms with Crippen molar-refractivity contribution in [3.05, 3.63) is 35.9 Å². The predicted molar refractivity (Wildman–Crippen MR) is 100 cm³/mol. The van der Waals surface area contributed by atoms with Gasteiger partial charge in [0.15, 0.2) is 0 Å². The first-order valence-electron chi connectivity index (χ1n) is 9.18. The molecule has 1 atom stereocenters. The summed E-state index contributed by atoms with van der Waals surface area (Å²) in [7, 11) is 0. The van der Waals surface area contributed by atoms with Crippen LogP contribution in [0.2, 0.25) is 0 Å². The smallest absolute Gasteiger partial charge is 0.237 e. The number of hydrogen-bond donors (Lipinski definition) is 2. The minimum Gasteiger partial charge on any atom is -0.353 e. The van der Waals surface area contributed by atoms with Crippen LogP contribution in [0.1, 0.15) is 46.1 Å². The van der Waals surface area contributed by atoms with E-state index in [-0.39, 0.29) is 24.3 Å². The molecule has 1 saturated heterocycles. The number of amides is 2. The zero-order valence-electron chi connectivity index (χ0n) is 15.8. The van der Waals surface area contributed by atoms with Crippen molar-refractivity contribution in [1.82, 2.24) is 15.5 Å². The Labute approximate surface area is 151 Å². The zero-order chi connectivity index (χ0) is 18.4. The van der Waals surface area contributed by atoms with E-state index in [2.05, 4.69) is 29.4 Å². The molecule has 1 fully saturated rings. The van der Waals surface area contributed by atoms with Crippen LogP contribution in [-0.2, 0) is 15.1 Å². The minimum atomic E-state index is -0.466. The summed E-state index contributed by atoms with van der Waals surface area (Å²) in [5, 5.41) is 5.97. The molecule has 0 spiro atoms. The third kappa shape index (κ3) is 5.56. The second-order valence-electron chi connectivity index (χ2n) is 7.77. The summed E-state index contributed by atoms with van der Waals surface area (Å²) in [6.07, 6.45) is 1.22. The van der Waals surface area contributed by atoms with Crippen LogP contribution in [0, 0.1) is 5.92 Å². The molecule has 5 heteroatoms. The fraction of sp³-hybridized carbons (Fsp3) is 0.600. The molecule has 2 N–H and O–H groups in total. The van der Waals surface area contributed by atoms with Crippen LogP contribution < -0.4 is 10.6 Å². The molecule has 1 aliphatic rings. The van der Waals surface area contributed by atoms with Crippen molar-refractivity contribution >= 4 is 11.8 Å². The Morgan fingerprint density at radius 3 is 2.64 bits per heavy atom. The Morgan fingerprint density at radius 2 is 2.00 bits per heavy atom. The number of rotatable bonds is 7. The van der Waals surface area contributed by atoms with Gasteiger partial charge in [-0.3, -0.25) is 14.5 Å². The summed E-state index contributed by atoms with van der Waals surface area (Å²) in [4.78, 5) is 27.0. The third-order valence-corrected chi connectivity index (χ3v) is 4.76. The Morgan fingerprint density at radius 1 is 1.32 bits per heavy atom. The number of benzene rings is 1. The molecule has 1 unspecified atom stereocenters. The predicted octanol–water partition coefficient (Wildman–Crippen LogP) is 2.27. The molecule has 2 amide bonds. The normalized spacial score (nSPS) is 18.9. The number of piperazine rings is 1. The molecule has 25 heavy (non-hydrogen) atoms. The van der Waals surface area contributed by atoms with Crippen molar-refractivity contribution in [3.63, 3.8) is 0 Å². The lowest BCUT2D eigenvalue weighted by atomic mass is 9.94. The van der Waals surface area contributed by atoms with Gasteiger partial charge in [0.25, 0.3) is 0 Å². The van der Waals surface area contributed by atoms with Gasteiger partial charge in [-0.25, -0.2) is 0 Å². The average Bonchev–Trinajstić information content (AvgIpc) is 2.55. The molecule has 2 rings (SSSR count). The van der Waals surface area contributed by atoms with E-state index < -0.39 is 5.54 Å². The molecule has 0 aliphatic carbocycles. The fourth-order valence-electron chi connectivity index (χ4n) is 3.18. The van der Waals surface area contributed by atoms with Gasteiger partial charge < -0.3 is 10.6 Å². The van der Waals surface area contributed by atoms with E-state index in [9.17, 15) is 9.59 Å². The Bertz CT molecular complexity index is 584. The Balaban J connectivity index is 2.00. The molecule has 1 aliphatic heterocycles. The van der Waals surface area contributed by atoms with E-state index >= 15 is 0 Å². The summed E-state index contributed by atoms with van der Waals surface area (Å²) in [6.45, 7) is 10.6. The van der Waals surface area contributed by atoms with E-state index in [1.807, 2.05) is 44.2 Å². The fourth-order valence-corrected chi connectivity index (χ4v) is 3.18. The van der Waals surface area contributed by atoms with Crippen LogP contribution in [0.15, 0.2) is 30.3 Å². The molecule has 1 aromatic rings. The van der Waals surface area contributed by atoms with Crippen molar-refractivity contribution < 1.29 is 9.59 Å². The van der Waals surface area contributed by atoms with Crippen molar-refractivity contribution in [2.45, 2.75) is 52.1 Å². The highest BCUT2D eigenvalue weighted by molar-refractivity contribution is 5.89. The highest BCUT2D eigenvalue weighted by atomic mass is 16.2. The van der Waals surface area contributed by atoms with E-state index in [0.29, 0.717) is 12.5 Å². The monoisotopic (exact) mass is 345 g/mol. The molecule has 1 aromatic carbocycles. The van der Waals surface area contributed by atoms with Gasteiger partial charge in [-0.05, 0) is 38.3 Å². The molecule has 0 radical (unpaired) electrons. The largest absolute Gasteiger partial charge is 0.353 e. The van der Waals surface area contributed by atoms with Gasteiger partial charge in [-0.15, -0.1) is 0 Å². The highest BCUT2D eigenvalue weighted by Gasteiger charge is 2.33. The molecular weight excluding hydrogens is 314 g/mol. The van der Waals surface area contributed by atoms with Gasteiger partial charge in [0.05, 0.1) is 18.0 Å². The summed E-state index contributed by atoms with van der Waals surface area (Å²) >= 11 is 0. The van der Waals surface area contributed by atoms with E-state index in [4.69, 9.17) is 0 Å². The highest BCUT2D eigenvalue weighted by Crippen LogP contribution is 2.20. The summed E-state index contributed by atoms with van der Waals surface area (Å²) < 4.78 is 0. The molecule has 5 nitrogen and oxygen atoms in total. The molecule has 0 bridgehead atoms. The number of nitrogens with one attached hydrogen (secondary N) is 2. The Kier molecular flexibility index (Phi) is 6.59. The molecular formula is C20H31N3O2. The molecule has 0 saturated carbocycles. The average molecular weight is 345 g/mol. The van der Waals surface area contributed by atoms with Crippen LogP contribution in [0.5, 0.6) is 0 Å². The second-order valence-corrected chi connectivity index (χ2v) is 7.77. The third-order valence-electron chi connectivity index (χ3n) is 4.76. The number of hydrogen-bond acceptors (Lipinski definition) is 3. The summed E-state index contributed by atoms with van der Waals surface area (Å²) in [5.41, 5.74) is 0.583. The topological polar surface area (TPSA) is 61.4 Å². The van der Waals surface area contributed by atoms with Gasteiger partial charge in [0, 0.05) is 13.1 Å². The lowest BCUT2D eigenvalue weighted by Gasteiger charge is -2.36. The van der Waals surface area contributed by atoms with Crippen molar-refractivity contribution in [3.8, 4) is 0 Å². The number of carbonyl (C=O) groups excluding carboxylic acids is 2. The van der Waals surface area contributed by atoms with Crippen molar-refractivity contribution in [2.75, 3.05) is 19.6 Å². The maximum Gasteiger partial charge on any atom is 0.237 e. The zero-order valence-corrected chi connectivity index (χ0v) is 15.8. The number of carbonyl (C=O) groups is 2. The van der Waals surface area contributed by atoms with Crippen LogP contribution in [0.25, 0.3) is 0 Å². The molecule has 0 aromatic heterocycles. The van der Waals surface area contributed by atoms with Crippen LogP contribution in [0.3, 0.4) is 0 Å². The van der Waals surface area contributed by atoms with Gasteiger partial charge in [0.1, 0.15) is 0 Å². The Hall–Kier alpha value is -1.88. The van der Waals surface area contributed by atoms with E-state index in [1.165, 1.54) is 0 Å². The molecule has 138 valence electrons. The summed E-state index contributed by atoms with van der Waals surface area (Å²) in [6, 6.07) is 9.52. The summed E-state index contributed by atoms with van der Waals surface area (Å²) in [5.74, 6) is 0.449. The first-order valence-corrected chi connectivity index (χ1v) is 9.18. The quantitative estimate of drug-likeness (QED) is 0.797. The van der Waals surface area contributed by atoms with E-state index in [0.717, 1.165) is 25.1 Å². The first-order chi connectivity index (χ1) is 11.8. The first kappa shape index (κ1) is 19.4. The maximum absolute atomic E-state index is 12.6. The van der Waals surface area contributed by atoms with Crippen LogP contribution in [-0.4, -0.2) is 42.4 Å². The lowest BCUT2D eigenvalue weighted by Crippen LogP contribution is -2.57. The van der Waals surface area contributed by atoms with Gasteiger partial charge in [-0.1, -0.05) is 44.2 Å². The van der Waals surface area contributed by atoms with Crippen LogP contribution >= 0.6 is 0 Å². The minimum absolute atomic E-state index is 0.0392. The number of nitrogens with zero attached hydrogens (tertiary/aromatic N) is 1. The van der Waals surface area contributed by atoms with Crippen LogP contribution in [0.4, 0.5) is 0 Å². The van der Waals surface area contributed by atoms with Crippen molar-refractivity contribution in [1.29, 1.82) is 0 Å². The second kappa shape index (κ2) is 8.48. The maximum atomic E-state index is 12.6. The standard InChI is InChI=1S/C20H31N3O2/c1-15(2)10-12-23-13-11-21-19(25)17(23)14-18(24)22-20(3,4)16-8-6-5-7-9-16/h5-9,15,17H,10-14H2,1-4H3,(H,21,25)(H,22,24). The SMILES string of the molecule is CC(C)CCN1CCNC(=O)C1CC(=O)NC(C)(C)c1ccccc1. The van der Waals surface area contributed by atoms with E-state index in [1.54, 1.807) is 0 Å².